The Labute approximate surface area is 124 Å². The van der Waals surface area contributed by atoms with E-state index in [1.807, 2.05) is 49.4 Å². The van der Waals surface area contributed by atoms with Gasteiger partial charge in [-0.2, -0.15) is 0 Å². The van der Waals surface area contributed by atoms with E-state index in [0.717, 1.165) is 11.4 Å². The van der Waals surface area contributed by atoms with E-state index >= 15 is 0 Å². The number of amides is 1. The standard InChI is InChI=1S/C16H19N3O2/c1-12(13-6-4-5-10-18-13)19-14-7-2-3-8-15(14)21-11-9-16(17)20/h2-8,10,12,19H,9,11H2,1H3,(H2,17,20). The Morgan fingerprint density at radius 3 is 2.76 bits per heavy atom. The van der Waals surface area contributed by atoms with Gasteiger partial charge in [0.2, 0.25) is 5.91 Å². The minimum Gasteiger partial charge on any atom is -0.491 e. The highest BCUT2D eigenvalue weighted by Gasteiger charge is 2.09. The predicted molar refractivity (Wildman–Crippen MR) is 82.0 cm³/mol. The Morgan fingerprint density at radius 1 is 1.29 bits per heavy atom. The number of carbonyl (C=O) groups excluding carboxylic acids is 1. The zero-order valence-electron chi connectivity index (χ0n) is 12.0. The molecular weight excluding hydrogens is 266 g/mol. The van der Waals surface area contributed by atoms with Gasteiger partial charge in [-0.3, -0.25) is 9.78 Å². The van der Waals surface area contributed by atoms with Crippen LogP contribution in [0.2, 0.25) is 0 Å². The molecule has 1 aromatic heterocycles. The highest BCUT2D eigenvalue weighted by atomic mass is 16.5. The summed E-state index contributed by atoms with van der Waals surface area (Å²) in [5.74, 6) is 0.323. The Hall–Kier alpha value is -2.56. The summed E-state index contributed by atoms with van der Waals surface area (Å²) in [6.07, 6.45) is 1.97. The molecule has 21 heavy (non-hydrogen) atoms. The van der Waals surface area contributed by atoms with Crippen LogP contribution in [-0.4, -0.2) is 17.5 Å². The second kappa shape index (κ2) is 7.28. The number of pyridine rings is 1. The number of nitrogens with one attached hydrogen (secondary N) is 1. The van der Waals surface area contributed by atoms with Crippen molar-refractivity contribution in [3.63, 3.8) is 0 Å². The van der Waals surface area contributed by atoms with Gasteiger partial charge >= 0.3 is 0 Å². The van der Waals surface area contributed by atoms with E-state index in [4.69, 9.17) is 10.5 Å². The van der Waals surface area contributed by atoms with Crippen LogP contribution in [0, 0.1) is 0 Å². The molecule has 1 unspecified atom stereocenters. The fourth-order valence-corrected chi connectivity index (χ4v) is 1.91. The smallest absolute Gasteiger partial charge is 0.220 e. The fourth-order valence-electron chi connectivity index (χ4n) is 1.91. The molecular formula is C16H19N3O2. The number of para-hydroxylation sites is 2. The number of benzene rings is 1. The van der Waals surface area contributed by atoms with Crippen molar-refractivity contribution in [3.05, 3.63) is 54.4 Å². The van der Waals surface area contributed by atoms with Gasteiger partial charge in [0.15, 0.2) is 0 Å². The first-order valence-corrected chi connectivity index (χ1v) is 6.84. The van der Waals surface area contributed by atoms with Gasteiger partial charge in [0.05, 0.1) is 30.5 Å². The SMILES string of the molecule is CC(Nc1ccccc1OCCC(N)=O)c1ccccn1. The third-order valence-electron chi connectivity index (χ3n) is 3.00. The second-order valence-electron chi connectivity index (χ2n) is 4.68. The van der Waals surface area contributed by atoms with Gasteiger partial charge in [-0.05, 0) is 31.2 Å². The van der Waals surface area contributed by atoms with E-state index < -0.39 is 0 Å². The first kappa shape index (κ1) is 14.8. The van der Waals surface area contributed by atoms with Crippen LogP contribution in [0.4, 0.5) is 5.69 Å². The molecule has 0 bridgehead atoms. The average molecular weight is 285 g/mol. The Bertz CT molecular complexity index is 587. The predicted octanol–water partition coefficient (Wildman–Crippen LogP) is 2.51. The minimum atomic E-state index is -0.373. The van der Waals surface area contributed by atoms with Crippen LogP contribution >= 0.6 is 0 Å². The van der Waals surface area contributed by atoms with Gasteiger partial charge in [0, 0.05) is 6.20 Å². The summed E-state index contributed by atoms with van der Waals surface area (Å²) in [6.45, 7) is 2.30. The first-order valence-electron chi connectivity index (χ1n) is 6.84. The highest BCUT2D eigenvalue weighted by molar-refractivity contribution is 5.73. The molecule has 1 heterocycles. The summed E-state index contributed by atoms with van der Waals surface area (Å²) >= 11 is 0. The number of nitrogens with zero attached hydrogens (tertiary/aromatic N) is 1. The largest absolute Gasteiger partial charge is 0.491 e. The number of rotatable bonds is 7. The molecule has 0 spiro atoms. The Balaban J connectivity index is 2.04. The van der Waals surface area contributed by atoms with Crippen LogP contribution < -0.4 is 15.8 Å². The van der Waals surface area contributed by atoms with Crippen molar-refractivity contribution in [2.75, 3.05) is 11.9 Å². The number of carbonyl (C=O) groups is 1. The van der Waals surface area contributed by atoms with Gasteiger partial charge in [-0.1, -0.05) is 18.2 Å². The van der Waals surface area contributed by atoms with Crippen molar-refractivity contribution in [3.8, 4) is 5.75 Å². The first-order chi connectivity index (χ1) is 10.2. The number of ether oxygens (including phenoxy) is 1. The van der Waals surface area contributed by atoms with Crippen LogP contribution in [-0.2, 0) is 4.79 Å². The molecule has 0 aliphatic rings. The summed E-state index contributed by atoms with van der Waals surface area (Å²) in [5.41, 5.74) is 6.92. The van der Waals surface area contributed by atoms with E-state index in [0.29, 0.717) is 5.75 Å². The molecule has 5 heteroatoms. The molecule has 0 aliphatic heterocycles. The Morgan fingerprint density at radius 2 is 2.05 bits per heavy atom. The number of hydrogen-bond acceptors (Lipinski definition) is 4. The zero-order chi connectivity index (χ0) is 15.1. The summed E-state index contributed by atoms with van der Waals surface area (Å²) < 4.78 is 5.60. The number of nitrogens with two attached hydrogens (primary N) is 1. The van der Waals surface area contributed by atoms with E-state index in [1.165, 1.54) is 0 Å². The maximum Gasteiger partial charge on any atom is 0.220 e. The highest BCUT2D eigenvalue weighted by Crippen LogP contribution is 2.27. The number of hydrogen-bond donors (Lipinski definition) is 2. The van der Waals surface area contributed by atoms with Crippen molar-refractivity contribution >= 4 is 11.6 Å². The fraction of sp³-hybridized carbons (Fsp3) is 0.250. The molecule has 0 fully saturated rings. The average Bonchev–Trinajstić information content (AvgIpc) is 2.49. The summed E-state index contributed by atoms with van der Waals surface area (Å²) in [5, 5.41) is 3.36. The molecule has 1 amide bonds. The van der Waals surface area contributed by atoms with E-state index in [2.05, 4.69) is 10.3 Å². The van der Waals surface area contributed by atoms with Gasteiger partial charge in [0.25, 0.3) is 0 Å². The topological polar surface area (TPSA) is 77.2 Å². The lowest BCUT2D eigenvalue weighted by Gasteiger charge is -2.17. The molecule has 3 N–H and O–H groups in total. The van der Waals surface area contributed by atoms with Crippen LogP contribution in [0.15, 0.2) is 48.7 Å². The molecule has 0 aliphatic carbocycles. The molecule has 1 atom stereocenters. The molecule has 2 rings (SSSR count). The van der Waals surface area contributed by atoms with Crippen LogP contribution in [0.3, 0.4) is 0 Å². The van der Waals surface area contributed by atoms with Gasteiger partial charge in [-0.25, -0.2) is 0 Å². The summed E-state index contributed by atoms with van der Waals surface area (Å²) in [4.78, 5) is 15.1. The lowest BCUT2D eigenvalue weighted by atomic mass is 10.2. The number of primary amides is 1. The second-order valence-corrected chi connectivity index (χ2v) is 4.68. The third kappa shape index (κ3) is 4.49. The van der Waals surface area contributed by atoms with Crippen LogP contribution in [0.1, 0.15) is 25.1 Å². The lowest BCUT2D eigenvalue weighted by Crippen LogP contribution is -2.15. The molecule has 1 aromatic carbocycles. The molecule has 0 saturated heterocycles. The van der Waals surface area contributed by atoms with Crippen LogP contribution in [0.25, 0.3) is 0 Å². The monoisotopic (exact) mass is 285 g/mol. The van der Waals surface area contributed by atoms with Crippen molar-refractivity contribution in [2.45, 2.75) is 19.4 Å². The van der Waals surface area contributed by atoms with Crippen LogP contribution in [0.5, 0.6) is 5.75 Å². The molecule has 0 saturated carbocycles. The maximum atomic E-state index is 10.8. The Kier molecular flexibility index (Phi) is 5.15. The van der Waals surface area contributed by atoms with Crippen molar-refractivity contribution in [2.24, 2.45) is 5.73 Å². The summed E-state index contributed by atoms with van der Waals surface area (Å²) in [6, 6.07) is 13.5. The quantitative estimate of drug-likeness (QED) is 0.819. The number of anilines is 1. The molecule has 0 radical (unpaired) electrons. The van der Waals surface area contributed by atoms with Gasteiger partial charge in [0.1, 0.15) is 5.75 Å². The molecule has 5 nitrogen and oxygen atoms in total. The molecule has 110 valence electrons. The van der Waals surface area contributed by atoms with E-state index in [-0.39, 0.29) is 25.0 Å². The van der Waals surface area contributed by atoms with Gasteiger partial charge < -0.3 is 15.8 Å². The normalized spacial score (nSPS) is 11.7. The summed E-state index contributed by atoms with van der Waals surface area (Å²) in [7, 11) is 0. The lowest BCUT2D eigenvalue weighted by molar-refractivity contribution is -0.118. The van der Waals surface area contributed by atoms with Gasteiger partial charge in [-0.15, -0.1) is 0 Å². The van der Waals surface area contributed by atoms with E-state index in [1.54, 1.807) is 6.20 Å². The van der Waals surface area contributed by atoms with E-state index in [9.17, 15) is 4.79 Å². The van der Waals surface area contributed by atoms with Crippen molar-refractivity contribution in [1.82, 2.24) is 4.98 Å². The van der Waals surface area contributed by atoms with Crippen molar-refractivity contribution < 1.29 is 9.53 Å². The molecule has 2 aromatic rings. The third-order valence-corrected chi connectivity index (χ3v) is 3.00. The maximum absolute atomic E-state index is 10.8. The zero-order valence-corrected chi connectivity index (χ0v) is 12.0. The number of aromatic nitrogens is 1. The minimum absolute atomic E-state index is 0.0482. The van der Waals surface area contributed by atoms with Crippen molar-refractivity contribution in [1.29, 1.82) is 0 Å².